The van der Waals surface area contributed by atoms with Crippen molar-refractivity contribution >= 4 is 17.5 Å². The van der Waals surface area contributed by atoms with Crippen molar-refractivity contribution in [3.05, 3.63) is 54.9 Å². The minimum Gasteiger partial charge on any atom is -0.508 e. The summed E-state index contributed by atoms with van der Waals surface area (Å²) in [6, 6.07) is 12.1. The minimum atomic E-state index is -0.172. The Morgan fingerprint density at radius 2 is 1.76 bits per heavy atom. The maximum absolute atomic E-state index is 9.39. The Bertz CT molecular complexity index is 825. The van der Waals surface area contributed by atoms with Gasteiger partial charge in [0.15, 0.2) is 0 Å². The third kappa shape index (κ3) is 4.42. The van der Waals surface area contributed by atoms with Crippen molar-refractivity contribution in [2.24, 2.45) is 0 Å². The molecule has 0 unspecified atom stereocenters. The average Bonchev–Trinajstić information content (AvgIpc) is 2.64. The van der Waals surface area contributed by atoms with Crippen LogP contribution in [0.4, 0.5) is 17.5 Å². The van der Waals surface area contributed by atoms with Gasteiger partial charge in [-0.25, -0.2) is 4.98 Å². The van der Waals surface area contributed by atoms with Crippen LogP contribution < -0.4 is 10.6 Å². The number of aromatic hydroxyl groups is 1. The standard InChI is InChI=1S/C18H19N5O2/c1-12(11-24)20-18-22-16(13-6-8-19-9-7-13)10-17(23-18)21-14-2-4-15(25)5-3-14/h2-10,12,24-25H,11H2,1H3,(H2,20,21,22,23)/t12-/m1/s1. The molecule has 7 nitrogen and oxygen atoms in total. The second-order valence-corrected chi connectivity index (χ2v) is 5.60. The highest BCUT2D eigenvalue weighted by atomic mass is 16.3. The molecule has 3 aromatic rings. The van der Waals surface area contributed by atoms with Gasteiger partial charge in [-0.05, 0) is 43.3 Å². The molecule has 0 bridgehead atoms. The number of anilines is 3. The number of hydrogen-bond acceptors (Lipinski definition) is 7. The highest BCUT2D eigenvalue weighted by Gasteiger charge is 2.09. The Morgan fingerprint density at radius 1 is 1.04 bits per heavy atom. The first-order valence-corrected chi connectivity index (χ1v) is 7.87. The van der Waals surface area contributed by atoms with Gasteiger partial charge in [-0.1, -0.05) is 0 Å². The van der Waals surface area contributed by atoms with E-state index in [4.69, 9.17) is 0 Å². The molecule has 0 radical (unpaired) electrons. The van der Waals surface area contributed by atoms with Crippen LogP contribution in [-0.2, 0) is 0 Å². The van der Waals surface area contributed by atoms with Gasteiger partial charge in [0.2, 0.25) is 5.95 Å². The number of nitrogens with zero attached hydrogens (tertiary/aromatic N) is 3. The minimum absolute atomic E-state index is 0.0242. The van der Waals surface area contributed by atoms with Crippen LogP contribution >= 0.6 is 0 Å². The second-order valence-electron chi connectivity index (χ2n) is 5.60. The third-order valence-electron chi connectivity index (χ3n) is 3.49. The van der Waals surface area contributed by atoms with Crippen LogP contribution in [0.2, 0.25) is 0 Å². The van der Waals surface area contributed by atoms with Crippen molar-refractivity contribution in [3.8, 4) is 17.0 Å². The zero-order valence-electron chi connectivity index (χ0n) is 13.7. The summed E-state index contributed by atoms with van der Waals surface area (Å²) in [5.74, 6) is 1.21. The van der Waals surface area contributed by atoms with Gasteiger partial charge in [0.25, 0.3) is 0 Å². The fraction of sp³-hybridized carbons (Fsp3) is 0.167. The maximum atomic E-state index is 9.39. The zero-order valence-corrected chi connectivity index (χ0v) is 13.7. The highest BCUT2D eigenvalue weighted by Crippen LogP contribution is 2.24. The van der Waals surface area contributed by atoms with E-state index in [-0.39, 0.29) is 18.4 Å². The van der Waals surface area contributed by atoms with Gasteiger partial charge in [-0.2, -0.15) is 4.98 Å². The van der Waals surface area contributed by atoms with Crippen LogP contribution in [0.3, 0.4) is 0 Å². The van der Waals surface area contributed by atoms with E-state index in [0.717, 1.165) is 16.9 Å². The van der Waals surface area contributed by atoms with Crippen molar-refractivity contribution in [3.63, 3.8) is 0 Å². The quantitative estimate of drug-likeness (QED) is 0.513. The Labute approximate surface area is 145 Å². The lowest BCUT2D eigenvalue weighted by Crippen LogP contribution is -2.21. The van der Waals surface area contributed by atoms with Crippen LogP contribution in [-0.4, -0.2) is 37.8 Å². The maximum Gasteiger partial charge on any atom is 0.225 e. The van der Waals surface area contributed by atoms with Gasteiger partial charge in [-0.15, -0.1) is 0 Å². The number of benzene rings is 1. The van der Waals surface area contributed by atoms with Crippen LogP contribution in [0.15, 0.2) is 54.9 Å². The number of phenols is 1. The molecule has 1 aromatic carbocycles. The highest BCUT2D eigenvalue weighted by molar-refractivity contribution is 5.67. The summed E-state index contributed by atoms with van der Waals surface area (Å²) < 4.78 is 0. The zero-order chi connectivity index (χ0) is 17.6. The number of rotatable bonds is 6. The number of phenolic OH excluding ortho intramolecular Hbond substituents is 1. The Balaban J connectivity index is 1.95. The van der Waals surface area contributed by atoms with E-state index < -0.39 is 0 Å². The Hall–Kier alpha value is -3.19. The average molecular weight is 337 g/mol. The molecule has 0 aliphatic rings. The van der Waals surface area contributed by atoms with Gasteiger partial charge in [0.05, 0.1) is 12.3 Å². The SMILES string of the molecule is C[C@H](CO)Nc1nc(Nc2ccc(O)cc2)cc(-c2ccncc2)n1. The number of aliphatic hydroxyl groups is 1. The van der Waals surface area contributed by atoms with E-state index in [1.165, 1.54) is 0 Å². The number of aromatic nitrogens is 3. The van der Waals surface area contributed by atoms with E-state index in [1.807, 2.05) is 25.1 Å². The van der Waals surface area contributed by atoms with Crippen LogP contribution in [0.25, 0.3) is 11.3 Å². The molecule has 1 atom stereocenters. The largest absolute Gasteiger partial charge is 0.508 e. The van der Waals surface area contributed by atoms with Crippen LogP contribution in [0.1, 0.15) is 6.92 Å². The second kappa shape index (κ2) is 7.59. The first-order valence-electron chi connectivity index (χ1n) is 7.87. The van der Waals surface area contributed by atoms with E-state index in [1.54, 1.807) is 36.7 Å². The number of aliphatic hydroxyl groups excluding tert-OH is 1. The van der Waals surface area contributed by atoms with Crippen molar-refractivity contribution in [2.75, 3.05) is 17.2 Å². The molecule has 4 N–H and O–H groups in total. The molecule has 3 rings (SSSR count). The van der Waals surface area contributed by atoms with E-state index in [2.05, 4.69) is 25.6 Å². The lowest BCUT2D eigenvalue weighted by Gasteiger charge is -2.14. The fourth-order valence-electron chi connectivity index (χ4n) is 2.21. The molecule has 0 aliphatic carbocycles. The van der Waals surface area contributed by atoms with Crippen molar-refractivity contribution in [1.82, 2.24) is 15.0 Å². The molecule has 7 heteroatoms. The summed E-state index contributed by atoms with van der Waals surface area (Å²) in [6.45, 7) is 1.82. The summed E-state index contributed by atoms with van der Waals surface area (Å²) >= 11 is 0. The number of pyridine rings is 1. The lowest BCUT2D eigenvalue weighted by molar-refractivity contribution is 0.281. The predicted molar refractivity (Wildman–Crippen MR) is 96.8 cm³/mol. The lowest BCUT2D eigenvalue weighted by atomic mass is 10.2. The van der Waals surface area contributed by atoms with Gasteiger partial charge in [0.1, 0.15) is 11.6 Å². The molecular formula is C18H19N5O2. The molecule has 0 fully saturated rings. The monoisotopic (exact) mass is 337 g/mol. The summed E-state index contributed by atoms with van der Waals surface area (Å²) in [7, 11) is 0. The van der Waals surface area contributed by atoms with E-state index in [0.29, 0.717) is 11.8 Å². The van der Waals surface area contributed by atoms with Crippen LogP contribution in [0.5, 0.6) is 5.75 Å². The first kappa shape index (κ1) is 16.7. The molecule has 0 spiro atoms. The molecule has 25 heavy (non-hydrogen) atoms. The summed E-state index contributed by atoms with van der Waals surface area (Å²) in [5, 5.41) is 24.9. The van der Waals surface area contributed by atoms with Gasteiger partial charge in [-0.3, -0.25) is 4.98 Å². The number of hydrogen-bond donors (Lipinski definition) is 4. The Kier molecular flexibility index (Phi) is 5.06. The molecule has 0 saturated carbocycles. The first-order chi connectivity index (χ1) is 12.1. The molecule has 2 heterocycles. The van der Waals surface area contributed by atoms with E-state index in [9.17, 15) is 10.2 Å². The topological polar surface area (TPSA) is 103 Å². The van der Waals surface area contributed by atoms with Crippen molar-refractivity contribution in [1.29, 1.82) is 0 Å². The molecular weight excluding hydrogens is 318 g/mol. The third-order valence-corrected chi connectivity index (χ3v) is 3.49. The molecule has 128 valence electrons. The Morgan fingerprint density at radius 3 is 2.44 bits per heavy atom. The normalized spacial score (nSPS) is 11.8. The summed E-state index contributed by atoms with van der Waals surface area (Å²) in [4.78, 5) is 13.0. The predicted octanol–water partition coefficient (Wildman–Crippen LogP) is 2.78. The molecule has 0 aliphatic heterocycles. The number of nitrogens with one attached hydrogen (secondary N) is 2. The molecule has 0 saturated heterocycles. The van der Waals surface area contributed by atoms with Gasteiger partial charge in [0, 0.05) is 35.8 Å². The van der Waals surface area contributed by atoms with Crippen LogP contribution in [0, 0.1) is 0 Å². The summed E-state index contributed by atoms with van der Waals surface area (Å²) in [6.07, 6.45) is 3.40. The smallest absolute Gasteiger partial charge is 0.225 e. The van der Waals surface area contributed by atoms with Crippen molar-refractivity contribution < 1.29 is 10.2 Å². The molecule has 2 aromatic heterocycles. The summed E-state index contributed by atoms with van der Waals surface area (Å²) in [5.41, 5.74) is 2.43. The van der Waals surface area contributed by atoms with Gasteiger partial charge < -0.3 is 20.8 Å². The van der Waals surface area contributed by atoms with Crippen molar-refractivity contribution in [2.45, 2.75) is 13.0 Å². The van der Waals surface area contributed by atoms with Gasteiger partial charge >= 0.3 is 0 Å². The molecule has 0 amide bonds. The fourth-order valence-corrected chi connectivity index (χ4v) is 2.21. The van der Waals surface area contributed by atoms with E-state index >= 15 is 0 Å².